The second kappa shape index (κ2) is 5.23. The molecule has 5 aliphatic carbocycles. The number of benzene rings is 2. The molecule has 0 aromatic heterocycles. The third kappa shape index (κ3) is 1.84. The van der Waals surface area contributed by atoms with Crippen molar-refractivity contribution in [1.29, 1.82) is 0 Å². The van der Waals surface area contributed by atoms with E-state index in [2.05, 4.69) is 19.2 Å². The van der Waals surface area contributed by atoms with Crippen LogP contribution in [0.4, 0.5) is 5.69 Å². The predicted molar refractivity (Wildman–Crippen MR) is 106 cm³/mol. The molecule has 138 valence electrons. The molecule has 5 fully saturated rings. The number of hydrogen-bond acceptors (Lipinski definition) is 2. The van der Waals surface area contributed by atoms with Crippen molar-refractivity contribution >= 4 is 29.0 Å². The molecule has 4 bridgehead atoms. The van der Waals surface area contributed by atoms with E-state index in [4.69, 9.17) is 11.6 Å². The zero-order chi connectivity index (χ0) is 19.0. The fourth-order valence-electron chi connectivity index (χ4n) is 6.51. The molecule has 4 atom stereocenters. The van der Waals surface area contributed by atoms with Crippen LogP contribution in [0.25, 0.3) is 0 Å². The van der Waals surface area contributed by atoms with Crippen LogP contribution in [-0.4, -0.2) is 11.7 Å². The zero-order valence-corrected chi connectivity index (χ0v) is 16.3. The van der Waals surface area contributed by atoms with Crippen molar-refractivity contribution in [3.8, 4) is 0 Å². The molecule has 5 aliphatic rings. The minimum atomic E-state index is -0.256. The van der Waals surface area contributed by atoms with E-state index >= 15 is 0 Å². The molecule has 0 saturated heterocycles. The highest BCUT2D eigenvalue weighted by Gasteiger charge is 2.91. The lowest BCUT2D eigenvalue weighted by molar-refractivity contribution is -0.326. The Morgan fingerprint density at radius 1 is 1.11 bits per heavy atom. The van der Waals surface area contributed by atoms with Crippen LogP contribution >= 0.6 is 11.6 Å². The van der Waals surface area contributed by atoms with Crippen LogP contribution < -0.4 is 5.32 Å². The minimum Gasteiger partial charge on any atom is -0.325 e. The molecule has 0 spiro atoms. The lowest BCUT2D eigenvalue weighted by Gasteiger charge is -2.81. The third-order valence-corrected chi connectivity index (χ3v) is 8.34. The zero-order valence-electron chi connectivity index (χ0n) is 15.5. The monoisotopic (exact) mass is 379 g/mol. The maximum absolute atomic E-state index is 13.3. The van der Waals surface area contributed by atoms with Gasteiger partial charge in [-0.25, -0.2) is 0 Å². The molecule has 2 aromatic rings. The van der Waals surface area contributed by atoms with E-state index in [9.17, 15) is 9.59 Å². The Kier molecular flexibility index (Phi) is 3.29. The summed E-state index contributed by atoms with van der Waals surface area (Å²) in [6.07, 6.45) is 3.22. The van der Waals surface area contributed by atoms with Crippen LogP contribution in [0.2, 0.25) is 5.02 Å². The molecule has 27 heavy (non-hydrogen) atoms. The number of nitrogens with one attached hydrogen (secondary N) is 1. The Hall–Kier alpha value is -2.13. The van der Waals surface area contributed by atoms with Gasteiger partial charge in [0.15, 0.2) is 5.78 Å². The molecule has 1 amide bonds. The SMILES string of the molecule is C[C@]12CC[C@@H]3[C@]1(C)C[C@@]32C(=O)Nc1ccc(Cl)cc1C(=O)c1ccccc1. The molecule has 0 radical (unpaired) electrons. The molecule has 5 saturated carbocycles. The summed E-state index contributed by atoms with van der Waals surface area (Å²) in [5.41, 5.74) is 1.75. The number of fused-ring (bicyclic) bond motifs is 1. The summed E-state index contributed by atoms with van der Waals surface area (Å²) in [6.45, 7) is 4.59. The minimum absolute atomic E-state index is 0.0701. The quantitative estimate of drug-likeness (QED) is 0.729. The number of carbonyl (C=O) groups excluding carboxylic acids is 2. The summed E-state index contributed by atoms with van der Waals surface area (Å²) < 4.78 is 0. The highest BCUT2D eigenvalue weighted by atomic mass is 35.5. The van der Waals surface area contributed by atoms with Crippen LogP contribution in [0.5, 0.6) is 0 Å². The van der Waals surface area contributed by atoms with Crippen LogP contribution in [0.3, 0.4) is 0 Å². The van der Waals surface area contributed by atoms with Crippen molar-refractivity contribution in [3.05, 3.63) is 64.7 Å². The highest BCUT2D eigenvalue weighted by Crippen LogP contribution is 2.93. The summed E-state index contributed by atoms with van der Waals surface area (Å²) in [7, 11) is 0. The topological polar surface area (TPSA) is 46.2 Å². The molecule has 3 nitrogen and oxygen atoms in total. The van der Waals surface area contributed by atoms with Gasteiger partial charge in [0.25, 0.3) is 0 Å². The highest BCUT2D eigenvalue weighted by molar-refractivity contribution is 6.31. The number of amides is 1. The first-order chi connectivity index (χ1) is 12.8. The van der Waals surface area contributed by atoms with Crippen molar-refractivity contribution < 1.29 is 9.59 Å². The van der Waals surface area contributed by atoms with Gasteiger partial charge < -0.3 is 5.32 Å². The van der Waals surface area contributed by atoms with Gasteiger partial charge in [0.2, 0.25) is 5.91 Å². The van der Waals surface area contributed by atoms with E-state index in [0.29, 0.717) is 33.2 Å². The van der Waals surface area contributed by atoms with E-state index in [1.807, 2.05) is 18.2 Å². The Balaban J connectivity index is 1.47. The Labute approximate surface area is 164 Å². The summed E-state index contributed by atoms with van der Waals surface area (Å²) in [6, 6.07) is 14.2. The van der Waals surface area contributed by atoms with Gasteiger partial charge in [0.05, 0.1) is 11.1 Å². The van der Waals surface area contributed by atoms with E-state index in [0.717, 1.165) is 19.3 Å². The van der Waals surface area contributed by atoms with Gasteiger partial charge in [-0.15, -0.1) is 0 Å². The maximum Gasteiger partial charge on any atom is 0.231 e. The average molecular weight is 380 g/mol. The molecule has 0 aliphatic heterocycles. The smallest absolute Gasteiger partial charge is 0.231 e. The van der Waals surface area contributed by atoms with Crippen LogP contribution in [0, 0.1) is 22.2 Å². The Bertz CT molecular complexity index is 987. The first kappa shape index (κ1) is 17.0. The van der Waals surface area contributed by atoms with E-state index in [1.165, 1.54) is 0 Å². The summed E-state index contributed by atoms with van der Waals surface area (Å²) in [5, 5.41) is 3.58. The van der Waals surface area contributed by atoms with Crippen molar-refractivity contribution in [2.45, 2.75) is 33.1 Å². The molecule has 7 rings (SSSR count). The van der Waals surface area contributed by atoms with E-state index in [1.54, 1.807) is 30.3 Å². The first-order valence-corrected chi connectivity index (χ1v) is 9.92. The average Bonchev–Trinajstić information content (AvgIpc) is 3.06. The fraction of sp³-hybridized carbons (Fsp3) is 0.391. The summed E-state index contributed by atoms with van der Waals surface area (Å²) in [5.74, 6) is 0.420. The standard InChI is InChI=1S/C23H22ClNO2/c1-21-13-23(18(21)10-11-22(21,23)2)20(27)25-17-9-8-15(24)12-16(17)19(26)14-6-4-3-5-7-14/h3-9,12,18H,10-11,13H2,1-2H3,(H,25,27)/t18-,21+,22+,23+/m1/s1. The van der Waals surface area contributed by atoms with E-state index < -0.39 is 0 Å². The molecular weight excluding hydrogens is 358 g/mol. The Morgan fingerprint density at radius 3 is 2.48 bits per heavy atom. The van der Waals surface area contributed by atoms with Gasteiger partial charge >= 0.3 is 0 Å². The van der Waals surface area contributed by atoms with Gasteiger partial charge in [0.1, 0.15) is 0 Å². The predicted octanol–water partition coefficient (Wildman–Crippen LogP) is 5.34. The fourth-order valence-corrected chi connectivity index (χ4v) is 6.68. The molecular formula is C23H22ClNO2. The second-order valence-corrected chi connectivity index (χ2v) is 9.26. The molecule has 4 heteroatoms. The maximum atomic E-state index is 13.3. The molecule has 0 unspecified atom stereocenters. The largest absolute Gasteiger partial charge is 0.325 e. The van der Waals surface area contributed by atoms with Crippen molar-refractivity contribution in [1.82, 2.24) is 0 Å². The van der Waals surface area contributed by atoms with Crippen molar-refractivity contribution in [3.63, 3.8) is 0 Å². The van der Waals surface area contributed by atoms with Crippen molar-refractivity contribution in [2.75, 3.05) is 5.32 Å². The van der Waals surface area contributed by atoms with Crippen LogP contribution in [0.1, 0.15) is 49.0 Å². The second-order valence-electron chi connectivity index (χ2n) is 8.83. The normalized spacial score (nSPS) is 35.1. The number of hydrogen-bond donors (Lipinski definition) is 1. The lowest BCUT2D eigenvalue weighted by atomic mass is 9.21. The van der Waals surface area contributed by atoms with Gasteiger partial charge in [-0.05, 0) is 54.2 Å². The number of anilines is 1. The Morgan fingerprint density at radius 2 is 1.85 bits per heavy atom. The van der Waals surface area contributed by atoms with Crippen molar-refractivity contribution in [2.24, 2.45) is 22.2 Å². The third-order valence-electron chi connectivity index (χ3n) is 8.10. The molecule has 0 heterocycles. The molecule has 1 N–H and O–H groups in total. The number of ketones is 1. The van der Waals surface area contributed by atoms with Crippen LogP contribution in [-0.2, 0) is 4.79 Å². The van der Waals surface area contributed by atoms with E-state index in [-0.39, 0.29) is 22.5 Å². The number of carbonyl (C=O) groups is 2. The lowest BCUT2D eigenvalue weighted by Crippen LogP contribution is -2.81. The summed E-state index contributed by atoms with van der Waals surface area (Å²) >= 11 is 6.15. The number of rotatable bonds is 4. The van der Waals surface area contributed by atoms with Gasteiger partial charge in [0, 0.05) is 16.1 Å². The molecule has 2 aromatic carbocycles. The van der Waals surface area contributed by atoms with Crippen LogP contribution in [0.15, 0.2) is 48.5 Å². The van der Waals surface area contributed by atoms with Gasteiger partial charge in [-0.2, -0.15) is 0 Å². The number of halogens is 1. The summed E-state index contributed by atoms with van der Waals surface area (Å²) in [4.78, 5) is 26.3. The van der Waals surface area contributed by atoms with Gasteiger partial charge in [-0.1, -0.05) is 55.8 Å². The first-order valence-electron chi connectivity index (χ1n) is 9.54. The van der Waals surface area contributed by atoms with Gasteiger partial charge in [-0.3, -0.25) is 9.59 Å².